The summed E-state index contributed by atoms with van der Waals surface area (Å²) in [6, 6.07) is 7.73. The number of rotatable bonds is 3. The van der Waals surface area contributed by atoms with Gasteiger partial charge in [0.2, 0.25) is 0 Å². The van der Waals surface area contributed by atoms with Crippen molar-refractivity contribution in [3.8, 4) is 0 Å². The Balaban J connectivity index is 2.46. The predicted molar refractivity (Wildman–Crippen MR) is 85.8 cm³/mol. The minimum atomic E-state index is -0.287. The van der Waals surface area contributed by atoms with Gasteiger partial charge in [-0.15, -0.1) is 0 Å². The molecule has 0 fully saturated rings. The Kier molecular flexibility index (Phi) is 5.74. The maximum absolute atomic E-state index is 12.2. The monoisotopic (exact) mass is 350 g/mol. The van der Waals surface area contributed by atoms with Crippen LogP contribution in [0.5, 0.6) is 0 Å². The lowest BCUT2D eigenvalue weighted by atomic mass is 9.88. The summed E-state index contributed by atoms with van der Waals surface area (Å²) in [6.45, 7) is 2.15. The summed E-state index contributed by atoms with van der Waals surface area (Å²) in [5.74, 6) is -0.0977. The maximum atomic E-state index is 12.2. The molecular weight excluding hydrogens is 332 g/mol. The Morgan fingerprint density at radius 2 is 1.86 bits per heavy atom. The van der Waals surface area contributed by atoms with Crippen molar-refractivity contribution in [1.29, 1.82) is 0 Å². The zero-order valence-electron chi connectivity index (χ0n) is 12.2. The van der Waals surface area contributed by atoms with Crippen LogP contribution in [0.15, 0.2) is 34.3 Å². The van der Waals surface area contributed by atoms with Gasteiger partial charge >= 0.3 is 5.97 Å². The van der Waals surface area contributed by atoms with E-state index in [1.165, 1.54) is 0 Å². The van der Waals surface area contributed by atoms with Gasteiger partial charge in [-0.25, -0.2) is 4.79 Å². The molecule has 0 aromatic heterocycles. The van der Waals surface area contributed by atoms with Crippen LogP contribution < -0.4 is 0 Å². The highest BCUT2D eigenvalue weighted by Gasteiger charge is 2.22. The molecule has 0 spiro atoms. The molecule has 0 aliphatic heterocycles. The van der Waals surface area contributed by atoms with E-state index >= 15 is 0 Å². The van der Waals surface area contributed by atoms with Crippen LogP contribution in [0.25, 0.3) is 5.57 Å². The molecule has 0 saturated carbocycles. The fourth-order valence-electron chi connectivity index (χ4n) is 2.54. The number of hydrogen-bond donors (Lipinski definition) is 0. The average molecular weight is 351 g/mol. The van der Waals surface area contributed by atoms with E-state index in [0.29, 0.717) is 31.4 Å². The second-order valence-electron chi connectivity index (χ2n) is 5.11. The van der Waals surface area contributed by atoms with Crippen molar-refractivity contribution in [3.05, 3.63) is 39.9 Å². The summed E-state index contributed by atoms with van der Waals surface area (Å²) in [7, 11) is 0. The summed E-state index contributed by atoms with van der Waals surface area (Å²) in [4.78, 5) is 24.2. The van der Waals surface area contributed by atoms with Gasteiger partial charge in [0.25, 0.3) is 0 Å². The summed E-state index contributed by atoms with van der Waals surface area (Å²) < 4.78 is 6.14. The number of halogens is 1. The molecule has 0 N–H and O–H groups in total. The van der Waals surface area contributed by atoms with Crippen molar-refractivity contribution < 1.29 is 14.3 Å². The Bertz CT molecular complexity index is 558. The van der Waals surface area contributed by atoms with Crippen molar-refractivity contribution in [1.82, 2.24) is 0 Å². The minimum Gasteiger partial charge on any atom is -0.463 e. The third-order valence-electron chi connectivity index (χ3n) is 3.59. The lowest BCUT2D eigenvalue weighted by molar-refractivity contribution is -0.138. The van der Waals surface area contributed by atoms with Crippen LogP contribution in [0, 0.1) is 0 Å². The summed E-state index contributed by atoms with van der Waals surface area (Å²) in [5, 5.41) is 0. The van der Waals surface area contributed by atoms with E-state index in [-0.39, 0.29) is 11.8 Å². The first-order valence-electron chi connectivity index (χ1n) is 7.28. The Morgan fingerprint density at radius 1 is 1.19 bits per heavy atom. The molecule has 0 saturated heterocycles. The maximum Gasteiger partial charge on any atom is 0.334 e. The van der Waals surface area contributed by atoms with Gasteiger partial charge in [0.05, 0.1) is 6.61 Å². The molecule has 0 radical (unpaired) electrons. The largest absolute Gasteiger partial charge is 0.463 e. The van der Waals surface area contributed by atoms with Crippen LogP contribution in [-0.4, -0.2) is 18.4 Å². The predicted octanol–water partition coefficient (Wildman–Crippen LogP) is 4.30. The van der Waals surface area contributed by atoms with E-state index in [9.17, 15) is 9.59 Å². The first kappa shape index (κ1) is 16.0. The van der Waals surface area contributed by atoms with E-state index < -0.39 is 0 Å². The first-order chi connectivity index (χ1) is 10.1. The number of benzene rings is 1. The third kappa shape index (κ3) is 4.27. The molecule has 0 amide bonds. The van der Waals surface area contributed by atoms with E-state index in [1.807, 2.05) is 24.3 Å². The molecule has 1 aromatic rings. The average Bonchev–Trinajstić information content (AvgIpc) is 2.44. The number of ether oxygens (including phenoxy) is 1. The van der Waals surface area contributed by atoms with Gasteiger partial charge in [-0.05, 0) is 49.5 Å². The van der Waals surface area contributed by atoms with Crippen LogP contribution in [0.2, 0.25) is 0 Å². The van der Waals surface area contributed by atoms with E-state index in [2.05, 4.69) is 15.9 Å². The molecule has 1 aliphatic carbocycles. The van der Waals surface area contributed by atoms with Crippen LogP contribution >= 0.6 is 15.9 Å². The lowest BCUT2D eigenvalue weighted by Crippen LogP contribution is -2.14. The van der Waals surface area contributed by atoms with Crippen LogP contribution in [0.1, 0.15) is 44.6 Å². The van der Waals surface area contributed by atoms with Crippen molar-refractivity contribution in [2.45, 2.75) is 39.0 Å². The van der Waals surface area contributed by atoms with Crippen LogP contribution in [0.3, 0.4) is 0 Å². The molecule has 21 heavy (non-hydrogen) atoms. The number of esters is 1. The minimum absolute atomic E-state index is 0.189. The Labute approximate surface area is 133 Å². The molecule has 0 heterocycles. The highest BCUT2D eigenvalue weighted by Crippen LogP contribution is 2.30. The van der Waals surface area contributed by atoms with Gasteiger partial charge in [0, 0.05) is 22.9 Å². The molecule has 3 nitrogen and oxygen atoms in total. The quantitative estimate of drug-likeness (QED) is 0.763. The highest BCUT2D eigenvalue weighted by molar-refractivity contribution is 9.10. The summed E-state index contributed by atoms with van der Waals surface area (Å²) >= 11 is 3.40. The molecule has 1 aliphatic rings. The molecule has 112 valence electrons. The third-order valence-corrected chi connectivity index (χ3v) is 4.11. The number of ketones is 1. The summed E-state index contributed by atoms with van der Waals surface area (Å²) in [6.07, 6.45) is 3.28. The smallest absolute Gasteiger partial charge is 0.334 e. The second-order valence-corrected chi connectivity index (χ2v) is 6.02. The molecule has 0 bridgehead atoms. The Hall–Kier alpha value is -1.42. The molecule has 0 unspecified atom stereocenters. The number of allylic oxidation sites excluding steroid dienone is 1. The molecule has 1 aromatic carbocycles. The van der Waals surface area contributed by atoms with Crippen LogP contribution in [0.4, 0.5) is 0 Å². The zero-order chi connectivity index (χ0) is 15.2. The lowest BCUT2D eigenvalue weighted by Gasteiger charge is -2.17. The zero-order valence-corrected chi connectivity index (χ0v) is 13.7. The summed E-state index contributed by atoms with van der Waals surface area (Å²) in [5.41, 5.74) is 2.41. The van der Waals surface area contributed by atoms with E-state index in [4.69, 9.17) is 4.74 Å². The SMILES string of the molecule is CCOC(=O)/C1=C(\c2ccc(Br)cc2)CC(=O)CCCC1. The van der Waals surface area contributed by atoms with Gasteiger partial charge in [0.15, 0.2) is 0 Å². The van der Waals surface area contributed by atoms with Gasteiger partial charge < -0.3 is 4.74 Å². The number of carbonyl (C=O) groups is 2. The first-order valence-corrected chi connectivity index (χ1v) is 8.08. The van der Waals surface area contributed by atoms with E-state index in [0.717, 1.165) is 28.5 Å². The van der Waals surface area contributed by atoms with Crippen molar-refractivity contribution in [2.75, 3.05) is 6.61 Å². The van der Waals surface area contributed by atoms with Crippen LogP contribution in [-0.2, 0) is 14.3 Å². The molecule has 0 atom stereocenters. The Morgan fingerprint density at radius 3 is 2.52 bits per heavy atom. The number of hydrogen-bond acceptors (Lipinski definition) is 3. The van der Waals surface area contributed by atoms with Gasteiger partial charge in [-0.1, -0.05) is 28.1 Å². The molecule has 4 heteroatoms. The normalized spacial score (nSPS) is 19.8. The van der Waals surface area contributed by atoms with Gasteiger partial charge in [0.1, 0.15) is 5.78 Å². The topological polar surface area (TPSA) is 43.4 Å². The van der Waals surface area contributed by atoms with Gasteiger partial charge in [-0.2, -0.15) is 0 Å². The van der Waals surface area contributed by atoms with E-state index in [1.54, 1.807) is 6.92 Å². The standard InChI is InChI=1S/C17H19BrO3/c1-2-21-17(20)15-6-4-3-5-14(19)11-16(15)12-7-9-13(18)10-8-12/h7-10H,2-6,11H2,1H3/b16-15-. The molecule has 2 rings (SSSR count). The second kappa shape index (κ2) is 7.55. The number of Topliss-reactive ketones (excluding diaryl/α,β-unsaturated/α-hetero) is 1. The van der Waals surface area contributed by atoms with Gasteiger partial charge in [-0.3, -0.25) is 4.79 Å². The van der Waals surface area contributed by atoms with Crippen molar-refractivity contribution in [2.24, 2.45) is 0 Å². The highest BCUT2D eigenvalue weighted by atomic mass is 79.9. The fourth-order valence-corrected chi connectivity index (χ4v) is 2.80. The molecular formula is C17H19BrO3. The fraction of sp³-hybridized carbons (Fsp3) is 0.412. The van der Waals surface area contributed by atoms with Crippen molar-refractivity contribution >= 4 is 33.3 Å². The number of carbonyl (C=O) groups excluding carboxylic acids is 2. The van der Waals surface area contributed by atoms with Crippen molar-refractivity contribution in [3.63, 3.8) is 0 Å².